The molecule has 160 valence electrons. The van der Waals surface area contributed by atoms with Gasteiger partial charge in [0, 0.05) is 12.0 Å². The van der Waals surface area contributed by atoms with Gasteiger partial charge in [0.2, 0.25) is 17.1 Å². The van der Waals surface area contributed by atoms with E-state index < -0.39 is 46.2 Å². The number of hydrogen-bond donors (Lipinski definition) is 1. The molecule has 31 heavy (non-hydrogen) atoms. The first-order chi connectivity index (χ1) is 14.5. The minimum absolute atomic E-state index is 0.118. The first-order valence-corrected chi connectivity index (χ1v) is 10.2. The summed E-state index contributed by atoms with van der Waals surface area (Å²) in [5.41, 5.74) is -4.72. The first-order valence-electron chi connectivity index (χ1n) is 10.2. The van der Waals surface area contributed by atoms with Crippen LogP contribution in [-0.4, -0.2) is 11.7 Å². The number of nitrogens with one attached hydrogen (secondary N) is 1. The lowest BCUT2D eigenvalue weighted by molar-refractivity contribution is -0.302. The number of halogens is 2. The quantitative estimate of drug-likeness (QED) is 0.699. The fourth-order valence-corrected chi connectivity index (χ4v) is 5.62. The Labute approximate surface area is 179 Å². The average Bonchev–Trinajstić information content (AvgIpc) is 2.93. The van der Waals surface area contributed by atoms with Crippen molar-refractivity contribution < 1.29 is 18.3 Å². The molecule has 2 saturated heterocycles. The maximum absolute atomic E-state index is 14.8. The van der Waals surface area contributed by atoms with Gasteiger partial charge < -0.3 is 9.47 Å². The second kappa shape index (κ2) is 6.49. The Morgan fingerprint density at radius 1 is 1.13 bits per heavy atom. The van der Waals surface area contributed by atoms with Crippen molar-refractivity contribution >= 4 is 5.90 Å². The minimum atomic E-state index is -2.29. The van der Waals surface area contributed by atoms with E-state index in [-0.39, 0.29) is 16.9 Å². The maximum atomic E-state index is 14.8. The number of ether oxygens (including phenoxy) is 2. The monoisotopic (exact) mass is 424 g/mol. The van der Waals surface area contributed by atoms with Crippen LogP contribution >= 0.6 is 0 Å². The SMILES string of the molecule is CC(C)(C)C1CCC23OC(=N)C(C#N)(C2C1)C(C#N)(C#N)C(c1cc(F)ccc1F)O3. The van der Waals surface area contributed by atoms with Gasteiger partial charge in [0.1, 0.15) is 17.7 Å². The molecule has 0 spiro atoms. The van der Waals surface area contributed by atoms with Crippen LogP contribution in [0.5, 0.6) is 0 Å². The molecule has 3 fully saturated rings. The fraction of sp³-hybridized carbons (Fsp3) is 0.565. The number of nitrogens with zero attached hydrogens (tertiary/aromatic N) is 3. The molecule has 0 aromatic heterocycles. The van der Waals surface area contributed by atoms with Crippen LogP contribution in [0.4, 0.5) is 8.78 Å². The summed E-state index contributed by atoms with van der Waals surface area (Å²) in [6.45, 7) is 6.21. The summed E-state index contributed by atoms with van der Waals surface area (Å²) in [7, 11) is 0. The van der Waals surface area contributed by atoms with E-state index in [1.165, 1.54) is 0 Å². The number of rotatable bonds is 1. The molecule has 2 heterocycles. The van der Waals surface area contributed by atoms with E-state index in [1.807, 2.05) is 12.1 Å². The van der Waals surface area contributed by atoms with Gasteiger partial charge in [0.25, 0.3) is 0 Å². The van der Waals surface area contributed by atoms with Crippen molar-refractivity contribution in [1.29, 1.82) is 21.2 Å². The molecule has 2 aliphatic heterocycles. The second-order valence-electron chi connectivity index (χ2n) is 9.75. The van der Waals surface area contributed by atoms with Crippen LogP contribution in [0.3, 0.4) is 0 Å². The number of nitriles is 3. The Balaban J connectivity index is 1.98. The third-order valence-electron chi connectivity index (χ3n) is 7.38. The van der Waals surface area contributed by atoms with Gasteiger partial charge in [-0.3, -0.25) is 5.41 Å². The summed E-state index contributed by atoms with van der Waals surface area (Å²) in [4.78, 5) is 0. The van der Waals surface area contributed by atoms with Crippen LogP contribution in [0.2, 0.25) is 0 Å². The van der Waals surface area contributed by atoms with Gasteiger partial charge in [0.15, 0.2) is 5.41 Å². The summed E-state index contributed by atoms with van der Waals surface area (Å²) in [6.07, 6.45) is -0.211. The van der Waals surface area contributed by atoms with Crippen molar-refractivity contribution in [3.8, 4) is 18.2 Å². The third kappa shape index (κ3) is 2.51. The maximum Gasteiger partial charge on any atom is 0.217 e. The van der Waals surface area contributed by atoms with E-state index in [0.717, 1.165) is 18.2 Å². The van der Waals surface area contributed by atoms with E-state index in [0.29, 0.717) is 19.3 Å². The molecule has 0 radical (unpaired) electrons. The van der Waals surface area contributed by atoms with Crippen LogP contribution in [0, 0.1) is 79.1 Å². The molecule has 1 aromatic rings. The molecule has 0 amide bonds. The Hall–Kier alpha value is -3.02. The lowest BCUT2D eigenvalue weighted by Crippen LogP contribution is -2.61. The summed E-state index contributed by atoms with van der Waals surface area (Å²) in [6, 6.07) is 8.50. The molecule has 5 unspecified atom stereocenters. The zero-order valence-corrected chi connectivity index (χ0v) is 17.5. The molecule has 1 N–H and O–H groups in total. The third-order valence-corrected chi connectivity index (χ3v) is 7.38. The molecule has 8 heteroatoms. The predicted molar refractivity (Wildman–Crippen MR) is 104 cm³/mol. The van der Waals surface area contributed by atoms with E-state index >= 15 is 0 Å². The fourth-order valence-electron chi connectivity index (χ4n) is 5.62. The molecule has 6 nitrogen and oxygen atoms in total. The number of benzene rings is 1. The molecular weight excluding hydrogens is 402 g/mol. The second-order valence-corrected chi connectivity index (χ2v) is 9.75. The van der Waals surface area contributed by atoms with Crippen LogP contribution in [-0.2, 0) is 9.47 Å². The van der Waals surface area contributed by atoms with Gasteiger partial charge in [-0.05, 0) is 42.4 Å². The van der Waals surface area contributed by atoms with Gasteiger partial charge in [-0.1, -0.05) is 20.8 Å². The predicted octanol–water partition coefficient (Wildman–Crippen LogP) is 4.75. The van der Waals surface area contributed by atoms with Crippen LogP contribution in [0.1, 0.15) is 51.7 Å². The summed E-state index contributed by atoms with van der Waals surface area (Å²) in [5.74, 6) is -4.22. The van der Waals surface area contributed by atoms with Crippen LogP contribution in [0.15, 0.2) is 18.2 Å². The highest BCUT2D eigenvalue weighted by Crippen LogP contribution is 2.70. The molecular formula is C23H22F2N4O2. The molecule has 1 saturated carbocycles. The van der Waals surface area contributed by atoms with Crippen molar-refractivity contribution in [2.24, 2.45) is 28.1 Å². The van der Waals surface area contributed by atoms with Gasteiger partial charge >= 0.3 is 0 Å². The van der Waals surface area contributed by atoms with Crippen LogP contribution < -0.4 is 0 Å². The lowest BCUT2D eigenvalue weighted by Gasteiger charge is -2.54. The zero-order chi connectivity index (χ0) is 22.8. The topological polar surface area (TPSA) is 114 Å². The Morgan fingerprint density at radius 3 is 2.39 bits per heavy atom. The highest BCUT2D eigenvalue weighted by Gasteiger charge is 2.81. The normalized spacial score (nSPS) is 35.8. The van der Waals surface area contributed by atoms with Gasteiger partial charge in [-0.2, -0.15) is 15.8 Å². The smallest absolute Gasteiger partial charge is 0.217 e. The van der Waals surface area contributed by atoms with E-state index in [1.54, 1.807) is 0 Å². The van der Waals surface area contributed by atoms with Gasteiger partial charge in [-0.15, -0.1) is 0 Å². The standard InChI is InChI=1S/C23H22F2N4O2/c1-20(2,3)13-6-7-23-17(8-13)22(12-28,19(29)31-23)21(10-26,11-27)18(30-23)15-9-14(24)4-5-16(15)25/h4-5,9,13,17-18,29H,6-8H2,1-3H3. The van der Waals surface area contributed by atoms with E-state index in [2.05, 4.69) is 26.8 Å². The molecule has 4 rings (SSSR count). The molecule has 2 bridgehead atoms. The van der Waals surface area contributed by atoms with Gasteiger partial charge in [-0.25, -0.2) is 8.78 Å². The Bertz CT molecular complexity index is 1080. The molecule has 1 aromatic carbocycles. The van der Waals surface area contributed by atoms with Crippen molar-refractivity contribution in [3.63, 3.8) is 0 Å². The summed E-state index contributed by atoms with van der Waals surface area (Å²) >= 11 is 0. The molecule has 3 aliphatic rings. The minimum Gasteiger partial charge on any atom is -0.447 e. The lowest BCUT2D eigenvalue weighted by atomic mass is 9.49. The average molecular weight is 424 g/mol. The highest BCUT2D eigenvalue weighted by atomic mass is 19.1. The molecule has 1 aliphatic carbocycles. The van der Waals surface area contributed by atoms with E-state index in [9.17, 15) is 24.6 Å². The van der Waals surface area contributed by atoms with Crippen molar-refractivity contribution in [2.75, 3.05) is 0 Å². The van der Waals surface area contributed by atoms with Crippen molar-refractivity contribution in [2.45, 2.75) is 51.9 Å². The Morgan fingerprint density at radius 2 is 1.81 bits per heavy atom. The van der Waals surface area contributed by atoms with Gasteiger partial charge in [0.05, 0.1) is 24.1 Å². The zero-order valence-electron chi connectivity index (χ0n) is 17.5. The van der Waals surface area contributed by atoms with Crippen molar-refractivity contribution in [3.05, 3.63) is 35.4 Å². The number of hydrogen-bond acceptors (Lipinski definition) is 6. The Kier molecular flexibility index (Phi) is 4.44. The first kappa shape index (κ1) is 21.2. The summed E-state index contributed by atoms with van der Waals surface area (Å²) in [5, 5.41) is 39.3. The highest BCUT2D eigenvalue weighted by molar-refractivity contribution is 5.89. The van der Waals surface area contributed by atoms with E-state index in [4.69, 9.17) is 14.9 Å². The molecule has 5 atom stereocenters. The van der Waals surface area contributed by atoms with Crippen LogP contribution in [0.25, 0.3) is 0 Å². The summed E-state index contributed by atoms with van der Waals surface area (Å²) < 4.78 is 40.8. The van der Waals surface area contributed by atoms with Crippen molar-refractivity contribution in [1.82, 2.24) is 0 Å². The largest absolute Gasteiger partial charge is 0.447 e.